The topological polar surface area (TPSA) is 56.9 Å². The third-order valence-corrected chi connectivity index (χ3v) is 2.50. The Kier molecular flexibility index (Phi) is 1.19. The van der Waals surface area contributed by atoms with E-state index in [1.165, 1.54) is 0 Å². The van der Waals surface area contributed by atoms with Crippen LogP contribution >= 0.6 is 0 Å². The summed E-state index contributed by atoms with van der Waals surface area (Å²) in [5.74, 6) is -0.0857. The van der Waals surface area contributed by atoms with Crippen LogP contribution in [0.5, 0.6) is 0 Å². The Bertz CT molecular complexity index is 237. The zero-order chi connectivity index (χ0) is 7.90. The van der Waals surface area contributed by atoms with Crippen molar-refractivity contribution in [3.05, 3.63) is 0 Å². The maximum absolute atomic E-state index is 8.58. The largest absolute Gasteiger partial charge is 0.474 e. The molecular formula is C8H10N2O. The molecule has 1 aliphatic heterocycles. The van der Waals surface area contributed by atoms with E-state index in [4.69, 9.17) is 15.4 Å². The number of nitrogens with one attached hydrogen (secondary N) is 1. The Morgan fingerprint density at radius 3 is 2.73 bits per heavy atom. The maximum atomic E-state index is 8.58. The third-order valence-electron chi connectivity index (χ3n) is 2.50. The predicted octanol–water partition coefficient (Wildman–Crippen LogP) is 1.45. The van der Waals surface area contributed by atoms with Gasteiger partial charge in [-0.2, -0.15) is 5.26 Å². The quantitative estimate of drug-likeness (QED) is 0.568. The van der Waals surface area contributed by atoms with Crippen LogP contribution in [0.25, 0.3) is 0 Å². The molecule has 2 rings (SSSR count). The van der Waals surface area contributed by atoms with Gasteiger partial charge in [0.1, 0.15) is 11.5 Å². The van der Waals surface area contributed by atoms with Gasteiger partial charge in [-0.1, -0.05) is 0 Å². The molecule has 1 aliphatic carbocycles. The van der Waals surface area contributed by atoms with Crippen LogP contribution in [0.3, 0.4) is 0 Å². The second-order valence-electron chi connectivity index (χ2n) is 3.37. The third kappa shape index (κ3) is 0.988. The summed E-state index contributed by atoms with van der Waals surface area (Å²) in [7, 11) is 0. The average Bonchev–Trinajstić information content (AvgIpc) is 2.70. The fraction of sp³-hybridized carbons (Fsp3) is 0.750. The molecule has 2 aliphatic rings. The summed E-state index contributed by atoms with van der Waals surface area (Å²) in [6.07, 6.45) is 3.93. The first kappa shape index (κ1) is 6.66. The Hall–Kier alpha value is -1.04. The Balaban J connectivity index is 2.06. The molecule has 3 heteroatoms. The van der Waals surface area contributed by atoms with Gasteiger partial charge < -0.3 is 4.74 Å². The molecule has 1 spiro atoms. The van der Waals surface area contributed by atoms with E-state index in [0.717, 1.165) is 25.7 Å². The van der Waals surface area contributed by atoms with Gasteiger partial charge in [0.2, 0.25) is 0 Å². The van der Waals surface area contributed by atoms with Gasteiger partial charge in [0.25, 0.3) is 0 Å². The zero-order valence-corrected chi connectivity index (χ0v) is 6.26. The summed E-state index contributed by atoms with van der Waals surface area (Å²) >= 11 is 0. The molecule has 11 heavy (non-hydrogen) atoms. The monoisotopic (exact) mass is 150 g/mol. The lowest BCUT2D eigenvalue weighted by Gasteiger charge is -2.26. The van der Waals surface area contributed by atoms with Crippen molar-refractivity contribution < 1.29 is 4.74 Å². The van der Waals surface area contributed by atoms with E-state index >= 15 is 0 Å². The summed E-state index contributed by atoms with van der Waals surface area (Å²) in [5, 5.41) is 16.0. The Morgan fingerprint density at radius 2 is 2.27 bits per heavy atom. The van der Waals surface area contributed by atoms with Gasteiger partial charge in [0, 0.05) is 0 Å². The second-order valence-corrected chi connectivity index (χ2v) is 3.37. The highest BCUT2D eigenvalue weighted by Gasteiger charge is 2.49. The van der Waals surface area contributed by atoms with Crippen molar-refractivity contribution >= 4 is 5.90 Å². The van der Waals surface area contributed by atoms with E-state index < -0.39 is 0 Å². The van der Waals surface area contributed by atoms with Gasteiger partial charge in [0.05, 0.1) is 6.07 Å². The summed E-state index contributed by atoms with van der Waals surface area (Å²) in [6, 6.07) is 2.07. The molecule has 3 nitrogen and oxygen atoms in total. The van der Waals surface area contributed by atoms with Crippen LogP contribution in [-0.4, -0.2) is 11.5 Å². The molecule has 58 valence electrons. The first-order valence-corrected chi connectivity index (χ1v) is 3.93. The Morgan fingerprint density at radius 1 is 1.55 bits per heavy atom. The van der Waals surface area contributed by atoms with E-state index in [1.807, 2.05) is 0 Å². The van der Waals surface area contributed by atoms with E-state index in [9.17, 15) is 0 Å². The zero-order valence-electron chi connectivity index (χ0n) is 6.26. The lowest BCUT2D eigenvalue weighted by molar-refractivity contribution is 0.113. The molecule has 1 saturated heterocycles. The van der Waals surface area contributed by atoms with Crippen molar-refractivity contribution in [2.45, 2.75) is 31.3 Å². The molecule has 0 aromatic carbocycles. The standard InChI is InChI=1S/C8H10N2O/c9-5-6-1-2-8(3-4-8)11-7(6)10/h6,10H,1-4H2. The fourth-order valence-electron chi connectivity index (χ4n) is 1.51. The van der Waals surface area contributed by atoms with Crippen molar-refractivity contribution in [2.24, 2.45) is 5.92 Å². The lowest BCUT2D eigenvalue weighted by atomic mass is 9.97. The van der Waals surface area contributed by atoms with Crippen LogP contribution < -0.4 is 0 Å². The van der Waals surface area contributed by atoms with Crippen LogP contribution in [0.2, 0.25) is 0 Å². The second kappa shape index (κ2) is 1.97. The maximum Gasteiger partial charge on any atom is 0.198 e. The molecule has 0 radical (unpaired) electrons. The molecule has 1 N–H and O–H groups in total. The first-order valence-electron chi connectivity index (χ1n) is 3.93. The van der Waals surface area contributed by atoms with Crippen LogP contribution in [0.4, 0.5) is 0 Å². The van der Waals surface area contributed by atoms with Crippen LogP contribution in [0.15, 0.2) is 0 Å². The minimum atomic E-state index is -0.277. The fourth-order valence-corrected chi connectivity index (χ4v) is 1.51. The van der Waals surface area contributed by atoms with E-state index in [1.54, 1.807) is 0 Å². The van der Waals surface area contributed by atoms with Gasteiger partial charge in [-0.15, -0.1) is 0 Å². The van der Waals surface area contributed by atoms with Crippen LogP contribution in [-0.2, 0) is 4.74 Å². The molecular weight excluding hydrogens is 140 g/mol. The van der Waals surface area contributed by atoms with Crippen molar-refractivity contribution in [3.63, 3.8) is 0 Å². The summed E-state index contributed by atoms with van der Waals surface area (Å²) < 4.78 is 5.35. The molecule has 0 aromatic heterocycles. The number of nitrogens with zero attached hydrogens (tertiary/aromatic N) is 1. The molecule has 1 unspecified atom stereocenters. The minimum absolute atomic E-state index is 0.00440. The number of hydrogen-bond donors (Lipinski definition) is 1. The summed E-state index contributed by atoms with van der Waals surface area (Å²) in [6.45, 7) is 0. The van der Waals surface area contributed by atoms with Crippen molar-refractivity contribution in [2.75, 3.05) is 0 Å². The SMILES string of the molecule is N#CC1CCC2(CC2)OC1=N. The van der Waals surface area contributed by atoms with E-state index in [2.05, 4.69) is 6.07 Å². The van der Waals surface area contributed by atoms with Crippen LogP contribution in [0, 0.1) is 22.7 Å². The number of rotatable bonds is 0. The number of nitriles is 1. The summed E-state index contributed by atoms with van der Waals surface area (Å²) in [4.78, 5) is 0. The number of ether oxygens (including phenoxy) is 1. The highest BCUT2D eigenvalue weighted by Crippen LogP contribution is 2.47. The normalized spacial score (nSPS) is 32.6. The first-order chi connectivity index (χ1) is 5.26. The molecule has 0 bridgehead atoms. The van der Waals surface area contributed by atoms with Gasteiger partial charge >= 0.3 is 0 Å². The van der Waals surface area contributed by atoms with Crippen molar-refractivity contribution in [1.29, 1.82) is 10.7 Å². The Labute approximate surface area is 65.5 Å². The van der Waals surface area contributed by atoms with Gasteiger partial charge in [-0.3, -0.25) is 5.41 Å². The van der Waals surface area contributed by atoms with Crippen molar-refractivity contribution in [3.8, 4) is 6.07 Å². The minimum Gasteiger partial charge on any atom is -0.474 e. The molecule has 1 saturated carbocycles. The number of hydrogen-bond acceptors (Lipinski definition) is 3. The molecule has 1 atom stereocenters. The smallest absolute Gasteiger partial charge is 0.198 e. The summed E-state index contributed by atoms with van der Waals surface area (Å²) in [5.41, 5.74) is 0.00440. The van der Waals surface area contributed by atoms with Crippen LogP contribution in [0.1, 0.15) is 25.7 Å². The van der Waals surface area contributed by atoms with Crippen molar-refractivity contribution in [1.82, 2.24) is 0 Å². The molecule has 0 amide bonds. The predicted molar refractivity (Wildman–Crippen MR) is 39.1 cm³/mol. The highest BCUT2D eigenvalue weighted by molar-refractivity contribution is 5.79. The van der Waals surface area contributed by atoms with Gasteiger partial charge in [-0.05, 0) is 25.7 Å². The molecule has 0 aromatic rings. The van der Waals surface area contributed by atoms with Gasteiger partial charge in [0.15, 0.2) is 5.90 Å². The van der Waals surface area contributed by atoms with E-state index in [-0.39, 0.29) is 17.4 Å². The van der Waals surface area contributed by atoms with Gasteiger partial charge in [-0.25, -0.2) is 0 Å². The molecule has 1 heterocycles. The lowest BCUT2D eigenvalue weighted by Crippen LogP contribution is -2.31. The highest BCUT2D eigenvalue weighted by atomic mass is 16.5. The average molecular weight is 150 g/mol. The van der Waals surface area contributed by atoms with E-state index in [0.29, 0.717) is 0 Å². The molecule has 2 fully saturated rings.